The summed E-state index contributed by atoms with van der Waals surface area (Å²) in [5.74, 6) is 0. The monoisotopic (exact) mass is 250 g/mol. The van der Waals surface area contributed by atoms with Crippen LogP contribution in [-0.2, 0) is 6.54 Å². The molecular weight excluding hydrogens is 232 g/mol. The molecule has 5 heteroatoms. The van der Waals surface area contributed by atoms with E-state index in [-0.39, 0.29) is 0 Å². The molecule has 1 unspecified atom stereocenters. The third-order valence-corrected chi connectivity index (χ3v) is 3.99. The van der Waals surface area contributed by atoms with Crippen molar-refractivity contribution in [2.75, 3.05) is 19.3 Å². The molecule has 0 saturated heterocycles. The van der Waals surface area contributed by atoms with E-state index in [4.69, 9.17) is 5.73 Å². The first kappa shape index (κ1) is 12.1. The number of hydrogen-bond donors (Lipinski definition) is 1. The minimum atomic E-state index is 0.447. The van der Waals surface area contributed by atoms with Crippen molar-refractivity contribution in [1.29, 1.82) is 0 Å². The Morgan fingerprint density at radius 1 is 1.59 bits per heavy atom. The van der Waals surface area contributed by atoms with Gasteiger partial charge in [-0.3, -0.25) is 9.58 Å². The molecule has 1 atom stereocenters. The third-order valence-electron chi connectivity index (χ3n) is 2.95. The Kier molecular flexibility index (Phi) is 3.81. The fourth-order valence-corrected chi connectivity index (χ4v) is 2.55. The molecule has 2 N–H and O–H groups in total. The molecule has 17 heavy (non-hydrogen) atoms. The zero-order chi connectivity index (χ0) is 12.3. The van der Waals surface area contributed by atoms with Crippen LogP contribution in [0.25, 0.3) is 0 Å². The molecule has 0 aliphatic heterocycles. The molecule has 0 radical (unpaired) electrons. The molecule has 0 aromatic carbocycles. The standard InChI is InChI=1S/C12H18N4S/c1-10(12-4-3-7-17-12)15(2)5-6-16-9-11(13)8-14-16/h3-4,7-10H,5-6,13H2,1-2H3. The van der Waals surface area contributed by atoms with Crippen LogP contribution in [0.15, 0.2) is 29.9 Å². The summed E-state index contributed by atoms with van der Waals surface area (Å²) < 4.78 is 1.88. The minimum Gasteiger partial charge on any atom is -0.396 e. The first-order valence-corrected chi connectivity index (χ1v) is 6.56. The van der Waals surface area contributed by atoms with Crippen molar-refractivity contribution >= 4 is 17.0 Å². The van der Waals surface area contributed by atoms with E-state index in [1.165, 1.54) is 4.88 Å². The van der Waals surface area contributed by atoms with E-state index in [1.807, 2.05) is 10.9 Å². The van der Waals surface area contributed by atoms with E-state index in [2.05, 4.69) is 41.5 Å². The van der Waals surface area contributed by atoms with Gasteiger partial charge in [-0.2, -0.15) is 5.10 Å². The van der Waals surface area contributed by atoms with Crippen molar-refractivity contribution in [2.24, 2.45) is 0 Å². The Labute approximate surface area is 106 Å². The molecule has 2 heterocycles. The summed E-state index contributed by atoms with van der Waals surface area (Å²) in [5.41, 5.74) is 6.35. The largest absolute Gasteiger partial charge is 0.396 e. The maximum atomic E-state index is 5.63. The molecule has 0 saturated carbocycles. The summed E-state index contributed by atoms with van der Waals surface area (Å²) in [6, 6.07) is 4.72. The summed E-state index contributed by atoms with van der Waals surface area (Å²) >= 11 is 1.80. The van der Waals surface area contributed by atoms with Crippen LogP contribution in [0.2, 0.25) is 0 Å². The second-order valence-electron chi connectivity index (χ2n) is 4.21. The van der Waals surface area contributed by atoms with Crippen LogP contribution in [0.3, 0.4) is 0 Å². The van der Waals surface area contributed by atoms with Crippen molar-refractivity contribution in [3.8, 4) is 0 Å². The predicted molar refractivity (Wildman–Crippen MR) is 72.0 cm³/mol. The summed E-state index contributed by atoms with van der Waals surface area (Å²) in [7, 11) is 2.14. The van der Waals surface area contributed by atoms with Crippen molar-refractivity contribution < 1.29 is 0 Å². The van der Waals surface area contributed by atoms with Gasteiger partial charge in [-0.1, -0.05) is 6.07 Å². The molecule has 92 valence electrons. The number of thiophene rings is 1. The van der Waals surface area contributed by atoms with Crippen LogP contribution in [0.4, 0.5) is 5.69 Å². The smallest absolute Gasteiger partial charge is 0.0719 e. The van der Waals surface area contributed by atoms with Crippen LogP contribution in [0, 0.1) is 0 Å². The first-order valence-electron chi connectivity index (χ1n) is 5.68. The second-order valence-corrected chi connectivity index (χ2v) is 5.19. The Bertz CT molecular complexity index is 449. The van der Waals surface area contributed by atoms with E-state index in [1.54, 1.807) is 17.5 Å². The lowest BCUT2D eigenvalue weighted by molar-refractivity contribution is 0.250. The van der Waals surface area contributed by atoms with E-state index in [0.29, 0.717) is 6.04 Å². The second kappa shape index (κ2) is 5.33. The summed E-state index contributed by atoms with van der Waals surface area (Å²) in [6.45, 7) is 4.05. The highest BCUT2D eigenvalue weighted by atomic mass is 32.1. The Balaban J connectivity index is 1.87. The normalized spacial score (nSPS) is 13.1. The lowest BCUT2D eigenvalue weighted by atomic mass is 10.2. The summed E-state index contributed by atoms with van der Waals surface area (Å²) in [5, 5.41) is 6.30. The molecule has 0 aliphatic carbocycles. The fraction of sp³-hybridized carbons (Fsp3) is 0.417. The van der Waals surface area contributed by atoms with Crippen molar-refractivity contribution in [3.05, 3.63) is 34.8 Å². The van der Waals surface area contributed by atoms with Gasteiger partial charge in [0.1, 0.15) is 0 Å². The van der Waals surface area contributed by atoms with Crippen molar-refractivity contribution in [3.63, 3.8) is 0 Å². The van der Waals surface area contributed by atoms with Gasteiger partial charge in [0.15, 0.2) is 0 Å². The quantitative estimate of drug-likeness (QED) is 0.885. The molecule has 2 aromatic heterocycles. The minimum absolute atomic E-state index is 0.447. The number of nitrogen functional groups attached to an aromatic ring is 1. The number of likely N-dealkylation sites (N-methyl/N-ethyl adjacent to an activating group) is 1. The van der Waals surface area contributed by atoms with Gasteiger partial charge in [0.2, 0.25) is 0 Å². The van der Waals surface area contributed by atoms with E-state index in [0.717, 1.165) is 18.8 Å². The summed E-state index contributed by atoms with van der Waals surface area (Å²) in [6.07, 6.45) is 3.55. The van der Waals surface area contributed by atoms with Gasteiger partial charge < -0.3 is 5.73 Å². The SMILES string of the molecule is CC(c1cccs1)N(C)CCn1cc(N)cn1. The van der Waals surface area contributed by atoms with Crippen LogP contribution < -0.4 is 5.73 Å². The topological polar surface area (TPSA) is 47.1 Å². The fourth-order valence-electron chi connectivity index (χ4n) is 1.70. The highest BCUT2D eigenvalue weighted by Gasteiger charge is 2.12. The molecule has 4 nitrogen and oxygen atoms in total. The Morgan fingerprint density at radius 3 is 3.00 bits per heavy atom. The van der Waals surface area contributed by atoms with Crippen molar-refractivity contribution in [2.45, 2.75) is 19.5 Å². The molecule has 0 fully saturated rings. The number of anilines is 1. The van der Waals surface area contributed by atoms with Crippen LogP contribution in [-0.4, -0.2) is 28.3 Å². The first-order chi connectivity index (χ1) is 8.16. The maximum Gasteiger partial charge on any atom is 0.0719 e. The zero-order valence-electron chi connectivity index (χ0n) is 10.2. The zero-order valence-corrected chi connectivity index (χ0v) is 11.0. The van der Waals surface area contributed by atoms with E-state index < -0.39 is 0 Å². The highest BCUT2D eigenvalue weighted by Crippen LogP contribution is 2.22. The lowest BCUT2D eigenvalue weighted by Crippen LogP contribution is -2.26. The van der Waals surface area contributed by atoms with E-state index >= 15 is 0 Å². The Morgan fingerprint density at radius 2 is 2.41 bits per heavy atom. The van der Waals surface area contributed by atoms with Crippen LogP contribution >= 0.6 is 11.3 Å². The third kappa shape index (κ3) is 3.08. The molecular formula is C12H18N4S. The number of rotatable bonds is 5. The highest BCUT2D eigenvalue weighted by molar-refractivity contribution is 7.10. The van der Waals surface area contributed by atoms with Crippen LogP contribution in [0.1, 0.15) is 17.8 Å². The Hall–Kier alpha value is -1.33. The molecule has 0 aliphatic rings. The molecule has 0 spiro atoms. The summed E-state index contributed by atoms with van der Waals surface area (Å²) in [4.78, 5) is 3.72. The lowest BCUT2D eigenvalue weighted by Gasteiger charge is -2.23. The van der Waals surface area contributed by atoms with Gasteiger partial charge >= 0.3 is 0 Å². The number of nitrogens with zero attached hydrogens (tertiary/aromatic N) is 3. The predicted octanol–water partition coefficient (Wildman–Crippen LogP) is 2.22. The van der Waals surface area contributed by atoms with Gasteiger partial charge in [-0.15, -0.1) is 11.3 Å². The number of hydrogen-bond acceptors (Lipinski definition) is 4. The molecule has 0 bridgehead atoms. The van der Waals surface area contributed by atoms with Gasteiger partial charge in [0, 0.05) is 23.7 Å². The number of aromatic nitrogens is 2. The van der Waals surface area contributed by atoms with Gasteiger partial charge in [-0.25, -0.2) is 0 Å². The number of nitrogens with two attached hydrogens (primary N) is 1. The van der Waals surface area contributed by atoms with E-state index in [9.17, 15) is 0 Å². The van der Waals surface area contributed by atoms with Gasteiger partial charge in [-0.05, 0) is 25.4 Å². The average Bonchev–Trinajstić information content (AvgIpc) is 2.95. The molecule has 2 rings (SSSR count). The maximum absolute atomic E-state index is 5.63. The van der Waals surface area contributed by atoms with Gasteiger partial charge in [0.05, 0.1) is 18.4 Å². The van der Waals surface area contributed by atoms with Crippen LogP contribution in [0.5, 0.6) is 0 Å². The van der Waals surface area contributed by atoms with Crippen molar-refractivity contribution in [1.82, 2.24) is 14.7 Å². The average molecular weight is 250 g/mol. The molecule has 0 amide bonds. The van der Waals surface area contributed by atoms with Gasteiger partial charge in [0.25, 0.3) is 0 Å². The molecule has 2 aromatic rings.